The molecule has 5 nitrogen and oxygen atoms in total. The van der Waals surface area contributed by atoms with Gasteiger partial charge in [-0.15, -0.1) is 0 Å². The largest absolute Gasteiger partial charge is 0.282 e. The average Bonchev–Trinajstić information content (AvgIpc) is 3.17. The number of nitrogens with zero attached hydrogens (tertiary/aromatic N) is 4. The van der Waals surface area contributed by atoms with Gasteiger partial charge in [-0.05, 0) is 109 Å². The minimum atomic E-state index is 0.105. The molecule has 0 aliphatic heterocycles. The third-order valence-corrected chi connectivity index (χ3v) is 9.05. The van der Waals surface area contributed by atoms with Gasteiger partial charge in [-0.25, -0.2) is 9.98 Å². The second-order valence-electron chi connectivity index (χ2n) is 13.0. The van der Waals surface area contributed by atoms with Gasteiger partial charge in [-0.1, -0.05) is 109 Å². The molecule has 0 saturated carbocycles. The van der Waals surface area contributed by atoms with E-state index in [0.29, 0.717) is 11.4 Å². The topological polar surface area (TPSA) is 74.3 Å². The van der Waals surface area contributed by atoms with Crippen molar-refractivity contribution in [2.75, 3.05) is 0 Å². The lowest BCUT2D eigenvalue weighted by Gasteiger charge is -2.14. The molecule has 5 aromatic carbocycles. The minimum Gasteiger partial charge on any atom is -0.282 e. The van der Waals surface area contributed by atoms with Crippen LogP contribution in [0.4, 0.5) is 0 Å². The Balaban J connectivity index is 1.35. The number of benzene rings is 5. The molecule has 0 aliphatic carbocycles. The number of pyridine rings is 2. The maximum Gasteiger partial charge on any atom is 0.161 e. The predicted molar refractivity (Wildman–Crippen MR) is 217 cm³/mol. The van der Waals surface area contributed by atoms with Crippen LogP contribution in [-0.4, -0.2) is 27.9 Å². The van der Waals surface area contributed by atoms with Crippen molar-refractivity contribution in [1.29, 1.82) is 5.41 Å². The Morgan fingerprint density at radius 3 is 1.54 bits per heavy atom. The van der Waals surface area contributed by atoms with E-state index in [1.165, 1.54) is 0 Å². The molecule has 0 fully saturated rings. The lowest BCUT2D eigenvalue weighted by atomic mass is 9.94. The van der Waals surface area contributed by atoms with Crippen LogP contribution in [-0.2, 0) is 0 Å². The molecule has 0 atom stereocenters. The maximum atomic E-state index is 9.46. The second kappa shape index (κ2) is 15.1. The zero-order chi connectivity index (χ0) is 36.0. The van der Waals surface area contributed by atoms with Crippen molar-refractivity contribution in [3.05, 3.63) is 191 Å². The van der Waals surface area contributed by atoms with Gasteiger partial charge in [-0.2, -0.15) is 0 Å². The third-order valence-electron chi connectivity index (χ3n) is 9.05. The van der Waals surface area contributed by atoms with E-state index in [4.69, 9.17) is 20.0 Å². The standard InChI is InChI=1S/C47H39N5/c1-31-21-23-44(33(3)50-31)41-27-42(45-24-22-32(2)51-34(45)4)29-43(28-41)46(48)52-47(40-20-12-19-39(26-40)37-16-9-6-10-17-37)49-30-35-13-11-18-38(25-35)36-14-7-5-8-15-36/h5-30,48H,1-4H3. The van der Waals surface area contributed by atoms with Crippen LogP contribution in [0.1, 0.15) is 39.5 Å². The van der Waals surface area contributed by atoms with Crippen molar-refractivity contribution < 1.29 is 0 Å². The Morgan fingerprint density at radius 1 is 0.481 bits per heavy atom. The summed E-state index contributed by atoms with van der Waals surface area (Å²) < 4.78 is 0. The lowest BCUT2D eigenvalue weighted by Crippen LogP contribution is -2.06. The van der Waals surface area contributed by atoms with Gasteiger partial charge in [0.1, 0.15) is 0 Å². The van der Waals surface area contributed by atoms with Crippen molar-refractivity contribution in [3.63, 3.8) is 0 Å². The van der Waals surface area contributed by atoms with Crippen molar-refractivity contribution >= 4 is 17.9 Å². The smallest absolute Gasteiger partial charge is 0.161 e. The summed E-state index contributed by atoms with van der Waals surface area (Å²) in [5.41, 5.74) is 14.5. The van der Waals surface area contributed by atoms with E-state index >= 15 is 0 Å². The minimum absolute atomic E-state index is 0.105. The second-order valence-corrected chi connectivity index (χ2v) is 13.0. The van der Waals surface area contributed by atoms with E-state index in [9.17, 15) is 5.41 Å². The highest BCUT2D eigenvalue weighted by molar-refractivity contribution is 6.14. The third kappa shape index (κ3) is 7.74. The molecule has 7 rings (SSSR count). The van der Waals surface area contributed by atoms with Crippen LogP contribution in [0.3, 0.4) is 0 Å². The van der Waals surface area contributed by atoms with E-state index in [0.717, 1.165) is 78.4 Å². The Hall–Kier alpha value is -6.59. The quantitative estimate of drug-likeness (QED) is 0.135. The first-order valence-electron chi connectivity index (χ1n) is 17.4. The van der Waals surface area contributed by atoms with Gasteiger partial charge in [0, 0.05) is 51.2 Å². The van der Waals surface area contributed by atoms with Gasteiger partial charge in [0.15, 0.2) is 11.7 Å². The number of aryl methyl sites for hydroxylation is 4. The Labute approximate surface area is 305 Å². The van der Waals surface area contributed by atoms with Crippen molar-refractivity contribution in [1.82, 2.24) is 9.97 Å². The molecule has 0 saturated heterocycles. The Bertz CT molecular complexity index is 2390. The normalized spacial score (nSPS) is 11.6. The maximum absolute atomic E-state index is 9.46. The highest BCUT2D eigenvalue weighted by atomic mass is 14.9. The number of nitrogens with one attached hydrogen (secondary N) is 1. The predicted octanol–water partition coefficient (Wildman–Crippen LogP) is 11.3. The monoisotopic (exact) mass is 673 g/mol. The summed E-state index contributed by atoms with van der Waals surface area (Å²) in [5.74, 6) is 0.551. The molecular weight excluding hydrogens is 635 g/mol. The summed E-state index contributed by atoms with van der Waals surface area (Å²) >= 11 is 0. The summed E-state index contributed by atoms with van der Waals surface area (Å²) in [6, 6.07) is 51.5. The number of amidine groups is 2. The number of rotatable bonds is 7. The van der Waals surface area contributed by atoms with Gasteiger partial charge in [-0.3, -0.25) is 15.4 Å². The van der Waals surface area contributed by atoms with Crippen LogP contribution in [0.15, 0.2) is 162 Å². The van der Waals surface area contributed by atoms with Gasteiger partial charge in [0.05, 0.1) is 0 Å². The SMILES string of the molecule is Cc1ccc(-c2cc(C(=N)N=C(N=Cc3cccc(-c4ccccc4)c3)c3cccc(-c4ccccc4)c3)cc(-c3ccc(C)nc3C)c2)c(C)n1. The first-order chi connectivity index (χ1) is 25.3. The van der Waals surface area contributed by atoms with E-state index in [-0.39, 0.29) is 5.84 Å². The molecule has 0 amide bonds. The molecule has 2 heterocycles. The van der Waals surface area contributed by atoms with Crippen molar-refractivity contribution in [2.45, 2.75) is 27.7 Å². The molecule has 0 radical (unpaired) electrons. The number of hydrogen-bond donors (Lipinski definition) is 1. The van der Waals surface area contributed by atoms with Gasteiger partial charge in [0.2, 0.25) is 0 Å². The highest BCUT2D eigenvalue weighted by Crippen LogP contribution is 2.32. The van der Waals surface area contributed by atoms with Crippen molar-refractivity contribution in [2.24, 2.45) is 9.98 Å². The number of aliphatic imine (C=N–C) groups is 2. The molecule has 0 bridgehead atoms. The molecule has 0 spiro atoms. The summed E-state index contributed by atoms with van der Waals surface area (Å²) in [5, 5.41) is 9.46. The molecule has 0 unspecified atom stereocenters. The summed E-state index contributed by atoms with van der Waals surface area (Å²) in [6.45, 7) is 8.04. The molecule has 7 aromatic rings. The van der Waals surface area contributed by atoms with Gasteiger partial charge < -0.3 is 0 Å². The zero-order valence-electron chi connectivity index (χ0n) is 29.8. The van der Waals surface area contributed by atoms with Crippen LogP contribution in [0.2, 0.25) is 0 Å². The highest BCUT2D eigenvalue weighted by Gasteiger charge is 2.14. The van der Waals surface area contributed by atoms with E-state index in [2.05, 4.69) is 66.7 Å². The molecule has 1 N–H and O–H groups in total. The van der Waals surface area contributed by atoms with Gasteiger partial charge in [0.25, 0.3) is 0 Å². The molecule has 5 heteroatoms. The Kier molecular flexibility index (Phi) is 9.85. The molecule has 252 valence electrons. The lowest BCUT2D eigenvalue weighted by molar-refractivity contribution is 1.12. The van der Waals surface area contributed by atoms with E-state index in [1.54, 1.807) is 0 Å². The van der Waals surface area contributed by atoms with Gasteiger partial charge >= 0.3 is 0 Å². The molecule has 2 aromatic heterocycles. The fraction of sp³-hybridized carbons (Fsp3) is 0.0851. The number of hydrogen-bond acceptors (Lipinski definition) is 3. The molecular formula is C47H39N5. The molecule has 52 heavy (non-hydrogen) atoms. The summed E-state index contributed by atoms with van der Waals surface area (Å²) in [6.07, 6.45) is 1.83. The number of aromatic nitrogens is 2. The Morgan fingerprint density at radius 2 is 0.981 bits per heavy atom. The van der Waals surface area contributed by atoms with Crippen LogP contribution in [0.25, 0.3) is 44.5 Å². The zero-order valence-corrected chi connectivity index (χ0v) is 29.8. The van der Waals surface area contributed by atoms with E-state index in [1.807, 2.05) is 119 Å². The van der Waals surface area contributed by atoms with Crippen LogP contribution < -0.4 is 0 Å². The first kappa shape index (κ1) is 33.9. The fourth-order valence-corrected chi connectivity index (χ4v) is 6.43. The summed E-state index contributed by atoms with van der Waals surface area (Å²) in [7, 11) is 0. The first-order valence-corrected chi connectivity index (χ1v) is 17.4. The van der Waals surface area contributed by atoms with Crippen LogP contribution in [0, 0.1) is 33.1 Å². The molecule has 0 aliphatic rings. The van der Waals surface area contributed by atoms with Crippen molar-refractivity contribution in [3.8, 4) is 44.5 Å². The van der Waals surface area contributed by atoms with E-state index < -0.39 is 0 Å². The average molecular weight is 674 g/mol. The summed E-state index contributed by atoms with van der Waals surface area (Å²) in [4.78, 5) is 19.4. The fourth-order valence-electron chi connectivity index (χ4n) is 6.43. The van der Waals surface area contributed by atoms with Crippen LogP contribution >= 0.6 is 0 Å². The van der Waals surface area contributed by atoms with Crippen LogP contribution in [0.5, 0.6) is 0 Å².